The summed E-state index contributed by atoms with van der Waals surface area (Å²) in [7, 11) is 0. The Balaban J connectivity index is 2.21. The van der Waals surface area contributed by atoms with E-state index in [9.17, 15) is 9.59 Å². The van der Waals surface area contributed by atoms with E-state index < -0.39 is 11.9 Å². The van der Waals surface area contributed by atoms with Crippen LogP contribution in [0.3, 0.4) is 0 Å². The van der Waals surface area contributed by atoms with Gasteiger partial charge in [0.15, 0.2) is 5.92 Å². The lowest BCUT2D eigenvalue weighted by molar-refractivity contribution is -0.154. The molecule has 0 aliphatic carbocycles. The smallest absolute Gasteiger partial charge is 0.320 e. The molecule has 2 atom stereocenters. The van der Waals surface area contributed by atoms with Crippen LogP contribution in [0.4, 0.5) is 5.95 Å². The van der Waals surface area contributed by atoms with Crippen LogP contribution in [0.5, 0.6) is 0 Å². The van der Waals surface area contributed by atoms with Crippen molar-refractivity contribution in [1.29, 1.82) is 0 Å². The summed E-state index contributed by atoms with van der Waals surface area (Å²) in [4.78, 5) is 32.4. The number of unbranched alkanes of at least 4 members (excludes halogenated alkanes) is 1. The second kappa shape index (κ2) is 7.48. The number of amides is 1. The number of carbonyl (C=O) groups is 2. The number of rotatable bonds is 6. The maximum atomic E-state index is 13.3. The molecule has 3 rings (SSSR count). The van der Waals surface area contributed by atoms with Crippen LogP contribution in [0.2, 0.25) is 0 Å². The molecule has 0 bridgehead atoms. The maximum absolute atomic E-state index is 13.3. The third-order valence-corrected chi connectivity index (χ3v) is 4.95. The summed E-state index contributed by atoms with van der Waals surface area (Å²) in [5.41, 5.74) is 1.79. The highest BCUT2D eigenvalue weighted by molar-refractivity contribution is 6.08. The predicted molar refractivity (Wildman–Crippen MR) is 101 cm³/mol. The maximum Gasteiger partial charge on any atom is 0.320 e. The zero-order valence-corrected chi connectivity index (χ0v) is 15.9. The van der Waals surface area contributed by atoms with E-state index in [1.54, 1.807) is 11.8 Å². The fraction of sp³-hybridized carbons (Fsp3) is 0.550. The molecule has 0 N–H and O–H groups in total. The van der Waals surface area contributed by atoms with Crippen molar-refractivity contribution in [1.82, 2.24) is 9.55 Å². The molecule has 0 saturated heterocycles. The van der Waals surface area contributed by atoms with E-state index in [4.69, 9.17) is 9.72 Å². The molecule has 1 aliphatic heterocycles. The molecule has 0 saturated carbocycles. The fourth-order valence-electron chi connectivity index (χ4n) is 3.76. The van der Waals surface area contributed by atoms with Gasteiger partial charge in [0.05, 0.1) is 23.7 Å². The number of aromatic nitrogens is 2. The second-order valence-electron chi connectivity index (χ2n) is 7.08. The van der Waals surface area contributed by atoms with Gasteiger partial charge in [0.25, 0.3) is 0 Å². The lowest BCUT2D eigenvalue weighted by Crippen LogP contribution is -2.51. The number of ether oxygens (including phenoxy) is 1. The molecule has 1 aromatic heterocycles. The quantitative estimate of drug-likeness (QED) is 0.586. The molecule has 1 aliphatic rings. The topological polar surface area (TPSA) is 64.4 Å². The van der Waals surface area contributed by atoms with Crippen LogP contribution in [0.1, 0.15) is 46.6 Å². The van der Waals surface area contributed by atoms with Crippen molar-refractivity contribution < 1.29 is 14.3 Å². The molecule has 1 amide bonds. The molecule has 2 unspecified atom stereocenters. The Hall–Kier alpha value is -2.37. The number of nitrogens with zero attached hydrogens (tertiary/aromatic N) is 3. The summed E-state index contributed by atoms with van der Waals surface area (Å²) in [6.07, 6.45) is 1.82. The first-order valence-electron chi connectivity index (χ1n) is 9.46. The lowest BCUT2D eigenvalue weighted by Gasteiger charge is -2.39. The van der Waals surface area contributed by atoms with E-state index in [1.807, 2.05) is 38.1 Å². The number of imidazole rings is 1. The zero-order valence-electron chi connectivity index (χ0n) is 15.9. The van der Waals surface area contributed by atoms with Gasteiger partial charge in [0.1, 0.15) is 0 Å². The van der Waals surface area contributed by atoms with Crippen LogP contribution < -0.4 is 4.90 Å². The molecule has 140 valence electrons. The lowest BCUT2D eigenvalue weighted by atomic mass is 9.87. The Morgan fingerprint density at radius 2 is 2.00 bits per heavy atom. The van der Waals surface area contributed by atoms with E-state index in [1.165, 1.54) is 0 Å². The van der Waals surface area contributed by atoms with Crippen molar-refractivity contribution in [3.63, 3.8) is 0 Å². The highest BCUT2D eigenvalue weighted by Crippen LogP contribution is 2.41. The normalized spacial score (nSPS) is 19.9. The van der Waals surface area contributed by atoms with Gasteiger partial charge in [-0.15, -0.1) is 0 Å². The van der Waals surface area contributed by atoms with Crippen LogP contribution in [0, 0.1) is 11.8 Å². The molecule has 6 nitrogen and oxygen atoms in total. The third-order valence-electron chi connectivity index (χ3n) is 4.95. The Kier molecular flexibility index (Phi) is 5.30. The highest BCUT2D eigenvalue weighted by atomic mass is 16.5. The number of anilines is 1. The Labute approximate surface area is 154 Å². The summed E-state index contributed by atoms with van der Waals surface area (Å²) in [6.45, 7) is 8.73. The minimum atomic E-state index is -0.836. The van der Waals surface area contributed by atoms with Gasteiger partial charge in [-0.05, 0) is 31.4 Å². The Morgan fingerprint density at radius 3 is 2.65 bits per heavy atom. The van der Waals surface area contributed by atoms with Gasteiger partial charge in [-0.3, -0.25) is 14.5 Å². The standard InChI is InChI=1S/C20H27N3O3/c1-5-7-12-22-18(24)16(19(25)26-6-2)17(13(3)4)23-15-11-9-8-10-14(15)21-20(22)23/h8-11,13,16-17H,5-7,12H2,1-4H3. The summed E-state index contributed by atoms with van der Waals surface area (Å²) in [6, 6.07) is 7.53. The number of benzene rings is 1. The summed E-state index contributed by atoms with van der Waals surface area (Å²) >= 11 is 0. The van der Waals surface area contributed by atoms with Crippen LogP contribution in [-0.2, 0) is 14.3 Å². The first kappa shape index (κ1) is 18.4. The Morgan fingerprint density at radius 1 is 1.27 bits per heavy atom. The van der Waals surface area contributed by atoms with Crippen molar-refractivity contribution in [3.8, 4) is 0 Å². The van der Waals surface area contributed by atoms with Gasteiger partial charge in [-0.25, -0.2) is 4.98 Å². The van der Waals surface area contributed by atoms with E-state index >= 15 is 0 Å². The molecule has 2 aromatic rings. The van der Waals surface area contributed by atoms with Gasteiger partial charge in [-0.2, -0.15) is 0 Å². The van der Waals surface area contributed by atoms with E-state index in [-0.39, 0.29) is 24.5 Å². The van der Waals surface area contributed by atoms with Crippen LogP contribution in [0.25, 0.3) is 11.0 Å². The number of fused-ring (bicyclic) bond motifs is 3. The molecular formula is C20H27N3O3. The summed E-state index contributed by atoms with van der Waals surface area (Å²) < 4.78 is 7.34. The first-order valence-corrected chi connectivity index (χ1v) is 9.46. The van der Waals surface area contributed by atoms with Gasteiger partial charge in [-0.1, -0.05) is 39.3 Å². The molecule has 1 aromatic carbocycles. The largest absolute Gasteiger partial charge is 0.465 e. The van der Waals surface area contributed by atoms with Crippen LogP contribution in [0.15, 0.2) is 24.3 Å². The highest BCUT2D eigenvalue weighted by Gasteiger charge is 2.47. The van der Waals surface area contributed by atoms with Gasteiger partial charge in [0, 0.05) is 6.54 Å². The second-order valence-corrected chi connectivity index (χ2v) is 7.08. The minimum absolute atomic E-state index is 0.0815. The molecular weight excluding hydrogens is 330 g/mol. The van der Waals surface area contributed by atoms with E-state index in [0.29, 0.717) is 12.5 Å². The fourth-order valence-corrected chi connectivity index (χ4v) is 3.76. The van der Waals surface area contributed by atoms with Crippen molar-refractivity contribution in [2.24, 2.45) is 11.8 Å². The van der Waals surface area contributed by atoms with E-state index in [0.717, 1.165) is 23.9 Å². The van der Waals surface area contributed by atoms with E-state index in [2.05, 4.69) is 11.5 Å². The van der Waals surface area contributed by atoms with Crippen LogP contribution >= 0.6 is 0 Å². The molecule has 6 heteroatoms. The molecule has 2 heterocycles. The van der Waals surface area contributed by atoms with Gasteiger partial charge in [0.2, 0.25) is 11.9 Å². The number of hydrogen-bond acceptors (Lipinski definition) is 4. The van der Waals surface area contributed by atoms with Crippen LogP contribution in [-0.4, -0.2) is 34.6 Å². The van der Waals surface area contributed by atoms with Crippen molar-refractivity contribution >= 4 is 28.9 Å². The number of carbonyl (C=O) groups excluding carboxylic acids is 2. The molecule has 0 radical (unpaired) electrons. The van der Waals surface area contributed by atoms with Crippen molar-refractivity contribution in [3.05, 3.63) is 24.3 Å². The Bertz CT molecular complexity index is 812. The van der Waals surface area contributed by atoms with Gasteiger partial charge < -0.3 is 9.30 Å². The van der Waals surface area contributed by atoms with Crippen molar-refractivity contribution in [2.75, 3.05) is 18.1 Å². The molecule has 26 heavy (non-hydrogen) atoms. The first-order chi connectivity index (χ1) is 12.5. The molecule has 0 spiro atoms. The average Bonchev–Trinajstić information content (AvgIpc) is 2.99. The number of hydrogen-bond donors (Lipinski definition) is 0. The third kappa shape index (κ3) is 2.97. The van der Waals surface area contributed by atoms with Gasteiger partial charge >= 0.3 is 5.97 Å². The van der Waals surface area contributed by atoms with Crippen molar-refractivity contribution in [2.45, 2.75) is 46.6 Å². The molecule has 0 fully saturated rings. The summed E-state index contributed by atoms with van der Waals surface area (Å²) in [5.74, 6) is -0.751. The average molecular weight is 357 g/mol. The zero-order chi connectivity index (χ0) is 18.8. The summed E-state index contributed by atoms with van der Waals surface area (Å²) in [5, 5.41) is 0. The number of para-hydroxylation sites is 2. The number of esters is 1. The SMILES string of the molecule is CCCCN1C(=O)C(C(=O)OCC)C(C(C)C)n2c1nc1ccccc12. The minimum Gasteiger partial charge on any atom is -0.465 e. The predicted octanol–water partition coefficient (Wildman–Crippen LogP) is 3.56. The monoisotopic (exact) mass is 357 g/mol.